The van der Waals surface area contributed by atoms with Crippen molar-refractivity contribution in [1.29, 1.82) is 0 Å². The zero-order valence-corrected chi connectivity index (χ0v) is 7.67. The molecule has 2 unspecified atom stereocenters. The minimum Gasteiger partial charge on any atom is -0.378 e. The fraction of sp³-hybridized carbons (Fsp3) is 1.00. The average molecular weight is 169 g/mol. The van der Waals surface area contributed by atoms with Crippen LogP contribution in [0.4, 0.5) is 0 Å². The molecule has 1 aliphatic carbocycles. The van der Waals surface area contributed by atoms with E-state index in [9.17, 15) is 0 Å². The highest BCUT2D eigenvalue weighted by Gasteiger charge is 2.34. The molecular weight excluding hydrogens is 150 g/mol. The number of nitrogens with two attached hydrogens (primary N) is 1. The van der Waals surface area contributed by atoms with Crippen LogP contribution in [0, 0.1) is 11.8 Å². The molecule has 0 aromatic rings. The molecule has 70 valence electrons. The first kappa shape index (κ1) is 8.52. The Balaban J connectivity index is 1.87. The predicted molar refractivity (Wildman–Crippen MR) is 48.9 cm³/mol. The molecule has 2 nitrogen and oxygen atoms in total. The Morgan fingerprint density at radius 2 is 1.92 bits per heavy atom. The molecule has 0 aromatic heterocycles. The summed E-state index contributed by atoms with van der Waals surface area (Å²) in [6.07, 6.45) is 7.36. The van der Waals surface area contributed by atoms with Crippen LogP contribution in [0.5, 0.6) is 0 Å². The van der Waals surface area contributed by atoms with E-state index in [-0.39, 0.29) is 0 Å². The summed E-state index contributed by atoms with van der Waals surface area (Å²) in [4.78, 5) is 0. The van der Waals surface area contributed by atoms with Gasteiger partial charge in [0.05, 0.1) is 6.10 Å². The summed E-state index contributed by atoms with van der Waals surface area (Å²) in [5.74, 6) is 1.54. The van der Waals surface area contributed by atoms with Crippen LogP contribution in [0.15, 0.2) is 0 Å². The predicted octanol–water partition coefficient (Wildman–Crippen LogP) is 1.54. The van der Waals surface area contributed by atoms with Crippen LogP contribution in [0.2, 0.25) is 0 Å². The molecule has 1 saturated heterocycles. The second-order valence-corrected chi connectivity index (χ2v) is 4.14. The summed E-state index contributed by atoms with van der Waals surface area (Å²) >= 11 is 0. The molecule has 1 aliphatic heterocycles. The van der Waals surface area contributed by atoms with Crippen molar-refractivity contribution in [2.45, 2.75) is 38.2 Å². The molecule has 2 fully saturated rings. The van der Waals surface area contributed by atoms with Crippen LogP contribution in [0.1, 0.15) is 32.1 Å². The van der Waals surface area contributed by atoms with Gasteiger partial charge in [-0.15, -0.1) is 0 Å². The third-order valence-electron chi connectivity index (χ3n) is 3.49. The van der Waals surface area contributed by atoms with Gasteiger partial charge in [-0.2, -0.15) is 0 Å². The number of ether oxygens (including phenoxy) is 1. The second kappa shape index (κ2) is 3.75. The maximum atomic E-state index is 5.78. The van der Waals surface area contributed by atoms with E-state index < -0.39 is 0 Å². The minimum atomic E-state index is 0.512. The van der Waals surface area contributed by atoms with Crippen LogP contribution in [0.25, 0.3) is 0 Å². The normalized spacial score (nSPS) is 33.2. The van der Waals surface area contributed by atoms with Gasteiger partial charge in [0, 0.05) is 12.5 Å². The van der Waals surface area contributed by atoms with Gasteiger partial charge >= 0.3 is 0 Å². The van der Waals surface area contributed by atoms with Crippen molar-refractivity contribution in [3.05, 3.63) is 0 Å². The van der Waals surface area contributed by atoms with Crippen LogP contribution in [-0.4, -0.2) is 19.3 Å². The van der Waals surface area contributed by atoms with Gasteiger partial charge < -0.3 is 10.5 Å². The van der Waals surface area contributed by atoms with Gasteiger partial charge in [0.2, 0.25) is 0 Å². The highest BCUT2D eigenvalue weighted by molar-refractivity contribution is 4.84. The first-order chi connectivity index (χ1) is 5.92. The van der Waals surface area contributed by atoms with Crippen LogP contribution >= 0.6 is 0 Å². The number of hydrogen-bond donors (Lipinski definition) is 1. The van der Waals surface area contributed by atoms with Gasteiger partial charge in [0.25, 0.3) is 0 Å². The molecule has 2 rings (SSSR count). The number of hydrogen-bond acceptors (Lipinski definition) is 2. The lowest BCUT2D eigenvalue weighted by Crippen LogP contribution is -2.41. The largest absolute Gasteiger partial charge is 0.378 e. The molecule has 1 saturated carbocycles. The third-order valence-corrected chi connectivity index (χ3v) is 3.49. The quantitative estimate of drug-likeness (QED) is 0.695. The Hall–Kier alpha value is -0.0800. The number of rotatable bonds is 3. The first-order valence-corrected chi connectivity index (χ1v) is 5.23. The standard InChI is InChI=1S/C10H19NO/c11-7-9(10-5-6-12-10)8-3-1-2-4-8/h8-10H,1-7,11H2. The van der Waals surface area contributed by atoms with Crippen LogP contribution < -0.4 is 5.73 Å². The summed E-state index contributed by atoms with van der Waals surface area (Å²) in [6, 6.07) is 0. The maximum absolute atomic E-state index is 5.78. The van der Waals surface area contributed by atoms with Gasteiger partial charge in [-0.1, -0.05) is 25.7 Å². The van der Waals surface area contributed by atoms with E-state index in [0.29, 0.717) is 12.0 Å². The molecule has 2 N–H and O–H groups in total. The van der Waals surface area contributed by atoms with Crippen molar-refractivity contribution in [2.24, 2.45) is 17.6 Å². The summed E-state index contributed by atoms with van der Waals surface area (Å²) < 4.78 is 5.52. The molecule has 12 heavy (non-hydrogen) atoms. The lowest BCUT2D eigenvalue weighted by Gasteiger charge is -2.36. The zero-order chi connectivity index (χ0) is 8.39. The van der Waals surface area contributed by atoms with Crippen molar-refractivity contribution in [3.63, 3.8) is 0 Å². The topological polar surface area (TPSA) is 35.2 Å². The van der Waals surface area contributed by atoms with Gasteiger partial charge in [-0.3, -0.25) is 0 Å². The van der Waals surface area contributed by atoms with Crippen LogP contribution in [-0.2, 0) is 4.74 Å². The fourth-order valence-corrected chi connectivity index (χ4v) is 2.62. The Bertz CT molecular complexity index is 139. The van der Waals surface area contributed by atoms with Crippen molar-refractivity contribution >= 4 is 0 Å². The highest BCUT2D eigenvalue weighted by atomic mass is 16.5. The summed E-state index contributed by atoms with van der Waals surface area (Å²) in [5.41, 5.74) is 5.78. The minimum absolute atomic E-state index is 0.512. The molecule has 0 aromatic carbocycles. The molecule has 2 aliphatic rings. The van der Waals surface area contributed by atoms with Crippen molar-refractivity contribution < 1.29 is 4.74 Å². The second-order valence-electron chi connectivity index (χ2n) is 4.14. The first-order valence-electron chi connectivity index (χ1n) is 5.23. The molecule has 0 radical (unpaired) electrons. The van der Waals surface area contributed by atoms with E-state index in [1.165, 1.54) is 32.1 Å². The Labute approximate surface area is 74.5 Å². The van der Waals surface area contributed by atoms with E-state index in [1.807, 2.05) is 0 Å². The monoisotopic (exact) mass is 169 g/mol. The molecule has 1 heterocycles. The summed E-state index contributed by atoms with van der Waals surface area (Å²) in [5, 5.41) is 0. The maximum Gasteiger partial charge on any atom is 0.0639 e. The van der Waals surface area contributed by atoms with E-state index >= 15 is 0 Å². The summed E-state index contributed by atoms with van der Waals surface area (Å²) in [7, 11) is 0. The Morgan fingerprint density at radius 1 is 1.25 bits per heavy atom. The lowest BCUT2D eigenvalue weighted by molar-refractivity contribution is -0.0951. The van der Waals surface area contributed by atoms with Crippen molar-refractivity contribution in [3.8, 4) is 0 Å². The molecule has 2 atom stereocenters. The van der Waals surface area contributed by atoms with Crippen LogP contribution in [0.3, 0.4) is 0 Å². The van der Waals surface area contributed by atoms with Crippen molar-refractivity contribution in [1.82, 2.24) is 0 Å². The van der Waals surface area contributed by atoms with E-state index in [0.717, 1.165) is 19.1 Å². The van der Waals surface area contributed by atoms with E-state index in [2.05, 4.69) is 0 Å². The fourth-order valence-electron chi connectivity index (χ4n) is 2.62. The third kappa shape index (κ3) is 1.50. The zero-order valence-electron chi connectivity index (χ0n) is 7.67. The van der Waals surface area contributed by atoms with Gasteiger partial charge in [-0.05, 0) is 18.9 Å². The summed E-state index contributed by atoms with van der Waals surface area (Å²) in [6.45, 7) is 1.79. The molecule has 2 heteroatoms. The SMILES string of the molecule is NCC(C1CCCC1)C1CCO1. The Morgan fingerprint density at radius 3 is 2.33 bits per heavy atom. The van der Waals surface area contributed by atoms with Crippen molar-refractivity contribution in [2.75, 3.05) is 13.2 Å². The smallest absolute Gasteiger partial charge is 0.0639 e. The lowest BCUT2D eigenvalue weighted by atomic mass is 9.83. The highest BCUT2D eigenvalue weighted by Crippen LogP contribution is 2.36. The molecule has 0 amide bonds. The van der Waals surface area contributed by atoms with Gasteiger partial charge in [0.15, 0.2) is 0 Å². The molecule has 0 spiro atoms. The average Bonchev–Trinajstić information content (AvgIpc) is 2.47. The van der Waals surface area contributed by atoms with E-state index in [1.54, 1.807) is 0 Å². The van der Waals surface area contributed by atoms with Gasteiger partial charge in [-0.25, -0.2) is 0 Å². The molecule has 0 bridgehead atoms. The van der Waals surface area contributed by atoms with E-state index in [4.69, 9.17) is 10.5 Å². The Kier molecular flexibility index (Phi) is 2.66. The van der Waals surface area contributed by atoms with Gasteiger partial charge in [0.1, 0.15) is 0 Å². The molecular formula is C10H19NO.